The maximum atomic E-state index is 6.26. The van der Waals surface area contributed by atoms with E-state index in [-0.39, 0.29) is 6.04 Å². The Hall–Kier alpha value is -0.0500. The molecule has 1 aliphatic rings. The summed E-state index contributed by atoms with van der Waals surface area (Å²) in [6.07, 6.45) is 3.94. The van der Waals surface area contributed by atoms with Crippen LogP contribution in [0.4, 0.5) is 0 Å². The topological polar surface area (TPSA) is 26.0 Å². The van der Waals surface area contributed by atoms with Gasteiger partial charge in [-0.1, -0.05) is 31.4 Å². The number of hydrogen-bond donors (Lipinski definition) is 1. The van der Waals surface area contributed by atoms with Gasteiger partial charge in [-0.25, -0.2) is 0 Å². The van der Waals surface area contributed by atoms with Gasteiger partial charge >= 0.3 is 0 Å². The molecule has 1 saturated carbocycles. The van der Waals surface area contributed by atoms with Crippen LogP contribution in [0.25, 0.3) is 0 Å². The molecule has 0 aliphatic heterocycles. The summed E-state index contributed by atoms with van der Waals surface area (Å²) in [6, 6.07) is 4.22. The molecule has 1 heterocycles. The van der Waals surface area contributed by atoms with E-state index in [1.54, 1.807) is 11.3 Å². The first-order valence-corrected chi connectivity index (χ1v) is 6.38. The highest BCUT2D eigenvalue weighted by Crippen LogP contribution is 2.40. The highest BCUT2D eigenvalue weighted by molar-refractivity contribution is 7.16. The third kappa shape index (κ3) is 1.97. The Morgan fingerprint density at radius 2 is 2.29 bits per heavy atom. The predicted molar refractivity (Wildman–Crippen MR) is 62.8 cm³/mol. The van der Waals surface area contributed by atoms with Gasteiger partial charge in [0.15, 0.2) is 0 Å². The molecule has 2 rings (SSSR count). The van der Waals surface area contributed by atoms with Gasteiger partial charge < -0.3 is 5.73 Å². The van der Waals surface area contributed by atoms with Crippen LogP contribution in [0.2, 0.25) is 4.34 Å². The van der Waals surface area contributed by atoms with Crippen LogP contribution in [-0.2, 0) is 0 Å². The predicted octanol–water partition coefficient (Wildman–Crippen LogP) is 3.84. The first-order chi connectivity index (χ1) is 6.68. The lowest BCUT2D eigenvalue weighted by Gasteiger charge is -2.21. The maximum absolute atomic E-state index is 6.26. The van der Waals surface area contributed by atoms with E-state index in [4.69, 9.17) is 17.3 Å². The zero-order valence-corrected chi connectivity index (χ0v) is 9.94. The molecular weight excluding hydrogens is 214 g/mol. The third-order valence-electron chi connectivity index (χ3n) is 3.31. The SMILES string of the molecule is CC1CCCC1C(N)c1ccc(Cl)s1. The van der Waals surface area contributed by atoms with Crippen molar-refractivity contribution in [2.24, 2.45) is 17.6 Å². The minimum atomic E-state index is 0.199. The highest BCUT2D eigenvalue weighted by Gasteiger charge is 2.30. The zero-order chi connectivity index (χ0) is 10.1. The highest BCUT2D eigenvalue weighted by atomic mass is 35.5. The first-order valence-electron chi connectivity index (χ1n) is 5.19. The zero-order valence-electron chi connectivity index (χ0n) is 8.37. The van der Waals surface area contributed by atoms with Crippen LogP contribution in [0.5, 0.6) is 0 Å². The van der Waals surface area contributed by atoms with Crippen LogP contribution in [0.1, 0.15) is 37.1 Å². The van der Waals surface area contributed by atoms with Crippen molar-refractivity contribution >= 4 is 22.9 Å². The molecular formula is C11H16ClNS. The molecule has 3 heteroatoms. The lowest BCUT2D eigenvalue weighted by molar-refractivity contribution is 0.354. The van der Waals surface area contributed by atoms with Gasteiger partial charge in [0.05, 0.1) is 4.34 Å². The summed E-state index contributed by atoms with van der Waals surface area (Å²) in [4.78, 5) is 1.24. The van der Waals surface area contributed by atoms with Crippen molar-refractivity contribution in [1.82, 2.24) is 0 Å². The molecule has 0 saturated heterocycles. The van der Waals surface area contributed by atoms with Crippen molar-refractivity contribution in [3.63, 3.8) is 0 Å². The number of thiophene rings is 1. The van der Waals surface area contributed by atoms with Gasteiger partial charge in [0.25, 0.3) is 0 Å². The Bertz CT molecular complexity index is 310. The van der Waals surface area contributed by atoms with Gasteiger partial charge in [-0.15, -0.1) is 11.3 Å². The summed E-state index contributed by atoms with van der Waals surface area (Å²) in [5.41, 5.74) is 6.26. The fraction of sp³-hybridized carbons (Fsp3) is 0.636. The molecule has 14 heavy (non-hydrogen) atoms. The molecule has 0 amide bonds. The van der Waals surface area contributed by atoms with E-state index in [2.05, 4.69) is 13.0 Å². The van der Waals surface area contributed by atoms with Gasteiger partial charge in [0, 0.05) is 10.9 Å². The molecule has 2 N–H and O–H groups in total. The second-order valence-electron chi connectivity index (χ2n) is 4.24. The summed E-state index contributed by atoms with van der Waals surface area (Å²) in [7, 11) is 0. The van der Waals surface area contributed by atoms with E-state index in [1.165, 1.54) is 24.1 Å². The van der Waals surface area contributed by atoms with Crippen molar-refractivity contribution in [3.05, 3.63) is 21.3 Å². The van der Waals surface area contributed by atoms with E-state index in [0.717, 1.165) is 10.3 Å². The van der Waals surface area contributed by atoms with Crippen LogP contribution >= 0.6 is 22.9 Å². The van der Waals surface area contributed by atoms with Crippen LogP contribution in [0.3, 0.4) is 0 Å². The van der Waals surface area contributed by atoms with E-state index < -0.39 is 0 Å². The maximum Gasteiger partial charge on any atom is 0.0931 e. The Kier molecular flexibility index (Phi) is 3.15. The molecule has 0 aromatic carbocycles. The van der Waals surface area contributed by atoms with Crippen LogP contribution in [-0.4, -0.2) is 0 Å². The second kappa shape index (κ2) is 4.21. The Balaban J connectivity index is 2.11. The van der Waals surface area contributed by atoms with E-state index in [1.807, 2.05) is 6.07 Å². The van der Waals surface area contributed by atoms with Crippen molar-refractivity contribution < 1.29 is 0 Å². The monoisotopic (exact) mass is 229 g/mol. The number of rotatable bonds is 2. The summed E-state index contributed by atoms with van der Waals surface area (Å²) in [5.74, 6) is 1.43. The minimum Gasteiger partial charge on any atom is -0.323 e. The minimum absolute atomic E-state index is 0.199. The molecule has 1 aromatic rings. The number of nitrogens with two attached hydrogens (primary N) is 1. The van der Waals surface area contributed by atoms with Crippen LogP contribution in [0.15, 0.2) is 12.1 Å². The van der Waals surface area contributed by atoms with E-state index in [9.17, 15) is 0 Å². The average molecular weight is 230 g/mol. The Morgan fingerprint density at radius 1 is 1.50 bits per heavy atom. The summed E-state index contributed by atoms with van der Waals surface area (Å²) < 4.78 is 0.848. The lowest BCUT2D eigenvalue weighted by Crippen LogP contribution is -2.22. The molecule has 3 unspecified atom stereocenters. The summed E-state index contributed by atoms with van der Waals surface area (Å²) in [6.45, 7) is 2.31. The summed E-state index contributed by atoms with van der Waals surface area (Å²) >= 11 is 7.54. The molecule has 1 aromatic heterocycles. The van der Waals surface area contributed by atoms with Crippen LogP contribution in [0, 0.1) is 11.8 Å². The second-order valence-corrected chi connectivity index (χ2v) is 5.99. The van der Waals surface area contributed by atoms with E-state index in [0.29, 0.717) is 5.92 Å². The lowest BCUT2D eigenvalue weighted by atomic mass is 9.90. The summed E-state index contributed by atoms with van der Waals surface area (Å²) in [5, 5.41) is 0. The quantitative estimate of drug-likeness (QED) is 0.820. The van der Waals surface area contributed by atoms with Crippen molar-refractivity contribution in [3.8, 4) is 0 Å². The van der Waals surface area contributed by atoms with Crippen molar-refractivity contribution in [2.45, 2.75) is 32.2 Å². The van der Waals surface area contributed by atoms with Crippen molar-refractivity contribution in [2.75, 3.05) is 0 Å². The molecule has 1 aliphatic carbocycles. The molecule has 0 radical (unpaired) electrons. The molecule has 0 bridgehead atoms. The fourth-order valence-corrected chi connectivity index (χ4v) is 3.56. The number of halogens is 1. The normalized spacial score (nSPS) is 29.4. The van der Waals surface area contributed by atoms with Gasteiger partial charge in [0.1, 0.15) is 0 Å². The van der Waals surface area contributed by atoms with Crippen molar-refractivity contribution in [1.29, 1.82) is 0 Å². The largest absolute Gasteiger partial charge is 0.323 e. The van der Waals surface area contributed by atoms with Gasteiger partial charge in [-0.2, -0.15) is 0 Å². The van der Waals surface area contributed by atoms with Gasteiger partial charge in [-0.05, 0) is 30.4 Å². The molecule has 3 atom stereocenters. The number of hydrogen-bond acceptors (Lipinski definition) is 2. The third-order valence-corrected chi connectivity index (χ3v) is 4.64. The van der Waals surface area contributed by atoms with Gasteiger partial charge in [-0.3, -0.25) is 0 Å². The Labute approximate surface area is 94.3 Å². The van der Waals surface area contributed by atoms with Gasteiger partial charge in [0.2, 0.25) is 0 Å². The van der Waals surface area contributed by atoms with Crippen LogP contribution < -0.4 is 5.73 Å². The fourth-order valence-electron chi connectivity index (χ4n) is 2.43. The molecule has 1 fully saturated rings. The standard InChI is InChI=1S/C11H16ClNS/c1-7-3-2-4-8(7)11(13)9-5-6-10(12)14-9/h5-8,11H,2-4,13H2,1H3. The smallest absolute Gasteiger partial charge is 0.0931 e. The Morgan fingerprint density at radius 3 is 2.79 bits per heavy atom. The molecule has 1 nitrogen and oxygen atoms in total. The molecule has 0 spiro atoms. The first kappa shape index (κ1) is 10.5. The average Bonchev–Trinajstić information content (AvgIpc) is 2.73. The molecule has 78 valence electrons. The van der Waals surface area contributed by atoms with E-state index >= 15 is 0 Å².